The van der Waals surface area contributed by atoms with Gasteiger partial charge in [0.1, 0.15) is 16.8 Å². The first-order chi connectivity index (χ1) is 15.0. The van der Waals surface area contributed by atoms with E-state index >= 15 is 0 Å². The van der Waals surface area contributed by atoms with Gasteiger partial charge < -0.3 is 14.6 Å². The number of rotatable bonds is 5. The summed E-state index contributed by atoms with van der Waals surface area (Å²) in [6.45, 7) is 0. The molecule has 1 unspecified atom stereocenters. The molecule has 2 aromatic carbocycles. The number of aromatic nitrogens is 2. The van der Waals surface area contributed by atoms with Gasteiger partial charge in [-0.1, -0.05) is 23.7 Å². The minimum Gasteiger partial charge on any atom is -0.495 e. The Bertz CT molecular complexity index is 1330. The number of halogens is 1. The molecule has 31 heavy (non-hydrogen) atoms. The van der Waals surface area contributed by atoms with Gasteiger partial charge in [-0.2, -0.15) is 8.75 Å². The van der Waals surface area contributed by atoms with E-state index in [0.717, 1.165) is 22.1 Å². The normalized spacial score (nSPS) is 18.6. The molecule has 0 radical (unpaired) electrons. The second-order valence-corrected chi connectivity index (χ2v) is 8.93. The molecule has 1 atom stereocenters. The molecular formula is C22H15ClN2O4S2. The molecule has 9 heteroatoms. The summed E-state index contributed by atoms with van der Waals surface area (Å²) in [7, 11) is 1.51. The molecule has 0 saturated heterocycles. The van der Waals surface area contributed by atoms with Crippen molar-refractivity contribution in [1.29, 1.82) is 0 Å². The number of cyclic esters (lactones) is 1. The number of aliphatic hydroxyl groups is 1. The third-order valence-corrected chi connectivity index (χ3v) is 6.90. The fraction of sp³-hybridized carbons (Fsp3) is 0.136. The van der Waals surface area contributed by atoms with Crippen molar-refractivity contribution in [2.24, 2.45) is 0 Å². The number of methoxy groups -OCH3 is 1. The monoisotopic (exact) mass is 470 g/mol. The average molecular weight is 471 g/mol. The maximum Gasteiger partial charge on any atom is 0.342 e. The Balaban J connectivity index is 1.71. The van der Waals surface area contributed by atoms with Crippen LogP contribution in [0.5, 0.6) is 5.75 Å². The summed E-state index contributed by atoms with van der Waals surface area (Å²) in [5, 5.41) is 13.9. The number of nitrogens with zero attached hydrogens (tertiary/aromatic N) is 2. The van der Waals surface area contributed by atoms with E-state index in [4.69, 9.17) is 21.1 Å². The summed E-state index contributed by atoms with van der Waals surface area (Å²) >= 11 is 8.94. The Morgan fingerprint density at radius 3 is 2.74 bits per heavy atom. The first-order valence-electron chi connectivity index (χ1n) is 9.28. The van der Waals surface area contributed by atoms with Crippen LogP contribution in [0.4, 0.5) is 0 Å². The van der Waals surface area contributed by atoms with E-state index in [1.807, 2.05) is 17.5 Å². The number of thiophene rings is 1. The van der Waals surface area contributed by atoms with Gasteiger partial charge in [0.05, 0.1) is 29.4 Å². The lowest BCUT2D eigenvalue weighted by atomic mass is 9.89. The van der Waals surface area contributed by atoms with Crippen molar-refractivity contribution >= 4 is 57.2 Å². The Hall–Kier alpha value is -2.78. The number of benzene rings is 2. The molecule has 156 valence electrons. The molecule has 4 aromatic rings. The predicted octanol–water partition coefficient (Wildman–Crippen LogP) is 4.81. The van der Waals surface area contributed by atoms with Crippen LogP contribution in [0, 0.1) is 0 Å². The van der Waals surface area contributed by atoms with Crippen LogP contribution in [0.2, 0.25) is 5.02 Å². The van der Waals surface area contributed by atoms with Gasteiger partial charge in [0.2, 0.25) is 0 Å². The smallest absolute Gasteiger partial charge is 0.342 e. The van der Waals surface area contributed by atoms with Crippen LogP contribution in [0.1, 0.15) is 16.0 Å². The van der Waals surface area contributed by atoms with Gasteiger partial charge in [0.15, 0.2) is 0 Å². The number of ether oxygens (including phenoxy) is 2. The Kier molecular flexibility index (Phi) is 5.02. The molecule has 0 aliphatic carbocycles. The van der Waals surface area contributed by atoms with Crippen LogP contribution in [-0.4, -0.2) is 26.9 Å². The van der Waals surface area contributed by atoms with Crippen LogP contribution in [0.3, 0.4) is 0 Å². The Morgan fingerprint density at radius 1 is 1.16 bits per heavy atom. The molecule has 0 fully saturated rings. The minimum absolute atomic E-state index is 0.309. The van der Waals surface area contributed by atoms with E-state index in [0.29, 0.717) is 45.0 Å². The van der Waals surface area contributed by atoms with Gasteiger partial charge in [0, 0.05) is 22.4 Å². The minimum atomic E-state index is -1.96. The molecule has 5 rings (SSSR count). The number of esters is 1. The third-order valence-electron chi connectivity index (χ3n) is 5.17. The first kappa shape index (κ1) is 20.1. The zero-order valence-electron chi connectivity index (χ0n) is 16.2. The number of hydrogen-bond donors (Lipinski definition) is 1. The molecule has 3 heterocycles. The maximum absolute atomic E-state index is 13.1. The van der Waals surface area contributed by atoms with Gasteiger partial charge in [-0.25, -0.2) is 4.79 Å². The summed E-state index contributed by atoms with van der Waals surface area (Å²) in [5.41, 5.74) is 3.16. The predicted molar refractivity (Wildman–Crippen MR) is 120 cm³/mol. The Labute approximate surface area is 190 Å². The first-order valence-corrected chi connectivity index (χ1v) is 11.3. The highest BCUT2D eigenvalue weighted by Gasteiger charge is 2.48. The summed E-state index contributed by atoms with van der Waals surface area (Å²) in [4.78, 5) is 14.0. The van der Waals surface area contributed by atoms with E-state index in [9.17, 15) is 9.90 Å². The fourth-order valence-corrected chi connectivity index (χ4v) is 5.17. The van der Waals surface area contributed by atoms with Gasteiger partial charge in [-0.05, 0) is 47.3 Å². The third kappa shape index (κ3) is 3.41. The average Bonchev–Trinajstić information content (AvgIpc) is 3.48. The van der Waals surface area contributed by atoms with Crippen LogP contribution in [0.15, 0.2) is 59.5 Å². The summed E-state index contributed by atoms with van der Waals surface area (Å²) in [6.07, 6.45) is 0.340. The van der Waals surface area contributed by atoms with E-state index in [1.54, 1.807) is 36.4 Å². The molecule has 1 aliphatic rings. The van der Waals surface area contributed by atoms with Crippen molar-refractivity contribution in [2.45, 2.75) is 12.2 Å². The van der Waals surface area contributed by atoms with Crippen LogP contribution in [-0.2, 0) is 21.7 Å². The molecule has 1 N–H and O–H groups in total. The molecule has 0 saturated carbocycles. The zero-order valence-corrected chi connectivity index (χ0v) is 18.6. The lowest BCUT2D eigenvalue weighted by Gasteiger charge is -2.26. The van der Waals surface area contributed by atoms with Gasteiger partial charge in [-0.15, -0.1) is 11.3 Å². The zero-order chi connectivity index (χ0) is 21.6. The second-order valence-electron chi connectivity index (χ2n) is 6.96. The molecular weight excluding hydrogens is 456 g/mol. The molecule has 0 amide bonds. The standard InChI is InChI=1S/C22H15ClN2O4S2/c1-28-19-7-5-13(10-16(19)23)22(27)15(11-14-3-2-8-30-14)20(21(26)29-22)12-4-6-17-18(9-12)25-31-24-17/h2-10,27H,11H2,1H3. The highest BCUT2D eigenvalue weighted by atomic mass is 35.5. The lowest BCUT2D eigenvalue weighted by Crippen LogP contribution is -2.29. The van der Waals surface area contributed by atoms with Gasteiger partial charge in [0.25, 0.3) is 5.79 Å². The number of carbonyl (C=O) groups excluding carboxylic acids is 1. The van der Waals surface area contributed by atoms with E-state index in [2.05, 4.69) is 8.75 Å². The highest BCUT2D eigenvalue weighted by molar-refractivity contribution is 7.09. The topological polar surface area (TPSA) is 81.5 Å². The lowest BCUT2D eigenvalue weighted by molar-refractivity contribution is -0.185. The SMILES string of the molecule is COc1ccc(C2(O)OC(=O)C(c3ccc4nsnc4c3)=C2Cc2cccs2)cc1Cl. The summed E-state index contributed by atoms with van der Waals surface area (Å²) in [5.74, 6) is -2.10. The highest BCUT2D eigenvalue weighted by Crippen LogP contribution is 2.46. The fourth-order valence-electron chi connectivity index (χ4n) is 3.68. The van der Waals surface area contributed by atoms with Crippen LogP contribution >= 0.6 is 34.7 Å². The van der Waals surface area contributed by atoms with Crippen LogP contribution < -0.4 is 4.74 Å². The number of fused-ring (bicyclic) bond motifs is 1. The number of hydrogen-bond acceptors (Lipinski definition) is 8. The molecule has 2 aromatic heterocycles. The van der Waals surface area contributed by atoms with Crippen molar-refractivity contribution in [3.05, 3.63) is 80.5 Å². The quantitative estimate of drug-likeness (QED) is 0.421. The second kappa shape index (κ2) is 7.72. The van der Waals surface area contributed by atoms with Crippen LogP contribution in [0.25, 0.3) is 16.6 Å². The summed E-state index contributed by atoms with van der Waals surface area (Å²) < 4.78 is 19.3. The van der Waals surface area contributed by atoms with Crippen molar-refractivity contribution in [3.63, 3.8) is 0 Å². The van der Waals surface area contributed by atoms with E-state index in [-0.39, 0.29) is 0 Å². The van der Waals surface area contributed by atoms with Gasteiger partial charge >= 0.3 is 5.97 Å². The van der Waals surface area contributed by atoms with E-state index in [1.165, 1.54) is 18.4 Å². The molecule has 0 spiro atoms. The van der Waals surface area contributed by atoms with Gasteiger partial charge in [-0.3, -0.25) is 0 Å². The van der Waals surface area contributed by atoms with E-state index < -0.39 is 11.8 Å². The van der Waals surface area contributed by atoms with Crippen molar-refractivity contribution in [3.8, 4) is 5.75 Å². The maximum atomic E-state index is 13.1. The molecule has 6 nitrogen and oxygen atoms in total. The van der Waals surface area contributed by atoms with Crippen molar-refractivity contribution < 1.29 is 19.4 Å². The molecule has 1 aliphatic heterocycles. The Morgan fingerprint density at radius 2 is 2.00 bits per heavy atom. The largest absolute Gasteiger partial charge is 0.495 e. The van der Waals surface area contributed by atoms with Crippen molar-refractivity contribution in [1.82, 2.24) is 8.75 Å². The summed E-state index contributed by atoms with van der Waals surface area (Å²) in [6, 6.07) is 14.1. The van der Waals surface area contributed by atoms with Crippen molar-refractivity contribution in [2.75, 3.05) is 7.11 Å². The molecule has 0 bridgehead atoms. The number of carbonyl (C=O) groups is 1.